The van der Waals surface area contributed by atoms with Gasteiger partial charge in [0, 0.05) is 36.6 Å². The predicted octanol–water partition coefficient (Wildman–Crippen LogP) is 6.91. The molecule has 4 saturated carbocycles. The molecule has 4 fully saturated rings. The molecule has 0 aliphatic heterocycles. The number of fused-ring (bicyclic) bond motifs is 2. The van der Waals surface area contributed by atoms with E-state index in [0.29, 0.717) is 31.2 Å². The highest BCUT2D eigenvalue weighted by Gasteiger charge is 2.81. The normalized spacial score (nSPS) is 40.4. The van der Waals surface area contributed by atoms with Crippen LogP contribution in [0.2, 0.25) is 0 Å². The molecule has 47 heavy (non-hydrogen) atoms. The van der Waals surface area contributed by atoms with Gasteiger partial charge in [-0.2, -0.15) is 0 Å². The van der Waals surface area contributed by atoms with E-state index in [1.54, 1.807) is 13.8 Å². The number of ketones is 4. The van der Waals surface area contributed by atoms with Crippen molar-refractivity contribution in [2.24, 2.45) is 69.0 Å². The maximum absolute atomic E-state index is 14.1. The Morgan fingerprint density at radius 2 is 1.68 bits per heavy atom. The first-order valence-corrected chi connectivity index (χ1v) is 18.7. The second-order valence-electron chi connectivity index (χ2n) is 17.1. The smallest absolute Gasteiger partial charge is 0.307 e. The van der Waals surface area contributed by atoms with Gasteiger partial charge in [-0.25, -0.2) is 0 Å². The second-order valence-corrected chi connectivity index (χ2v) is 17.1. The number of allylic oxidation sites excluding steroid dienone is 2. The Bertz CT molecular complexity index is 1320. The molecular weight excluding hydrogens is 590 g/mol. The molecule has 5 aliphatic carbocycles. The standard InChI is InChI=1S/C40H61NO6/c1-10-41(11-2)19-15-33(44)47-22-24(3)26(5)35(45)36(46)28(7)34-29(20-25(4)42)21-38(9)32-13-12-30-27(6)31(43)14-16-39(30)23-40(32,39)18-17-37(34,38)8/h14,16,24,26-30,32,34H,10-13,15,17-23H2,1-9H3/t24-,26?,27-,28-,29-,30?,32?,34-,37+,38-,39+,40-/m0/s1. The summed E-state index contributed by atoms with van der Waals surface area (Å²) in [7, 11) is 0. The zero-order valence-electron chi connectivity index (χ0n) is 30.7. The summed E-state index contributed by atoms with van der Waals surface area (Å²) in [6, 6.07) is 0. The van der Waals surface area contributed by atoms with Crippen molar-refractivity contribution >= 4 is 29.1 Å². The number of hydrogen-bond donors (Lipinski definition) is 0. The Labute approximate surface area is 283 Å². The van der Waals surface area contributed by atoms with Crippen LogP contribution in [-0.4, -0.2) is 60.2 Å². The number of rotatable bonds is 14. The Kier molecular flexibility index (Phi) is 9.96. The third-order valence-electron chi connectivity index (χ3n) is 15.2. The molecule has 7 nitrogen and oxygen atoms in total. The Morgan fingerprint density at radius 1 is 1.00 bits per heavy atom. The summed E-state index contributed by atoms with van der Waals surface area (Å²) in [6.45, 7) is 20.8. The summed E-state index contributed by atoms with van der Waals surface area (Å²) >= 11 is 0. The fourth-order valence-corrected chi connectivity index (χ4v) is 12.3. The van der Waals surface area contributed by atoms with Crippen molar-refractivity contribution in [2.75, 3.05) is 26.2 Å². The Hall–Kier alpha value is -2.15. The first-order chi connectivity index (χ1) is 22.0. The van der Waals surface area contributed by atoms with Crippen LogP contribution in [0.3, 0.4) is 0 Å². The molecule has 0 N–H and O–H groups in total. The van der Waals surface area contributed by atoms with Crippen molar-refractivity contribution in [1.82, 2.24) is 4.90 Å². The minimum atomic E-state index is -0.564. The van der Waals surface area contributed by atoms with Gasteiger partial charge in [0.2, 0.25) is 11.6 Å². The van der Waals surface area contributed by atoms with Crippen molar-refractivity contribution in [1.29, 1.82) is 0 Å². The molecule has 2 spiro atoms. The quantitative estimate of drug-likeness (QED) is 0.149. The molecule has 0 bridgehead atoms. The lowest BCUT2D eigenvalue weighted by Gasteiger charge is -2.61. The van der Waals surface area contributed by atoms with Crippen LogP contribution in [0.4, 0.5) is 0 Å². The molecule has 0 aromatic rings. The summed E-state index contributed by atoms with van der Waals surface area (Å²) in [4.78, 5) is 67.9. The number of carbonyl (C=O) groups is 5. The van der Waals surface area contributed by atoms with Crippen molar-refractivity contribution in [3.8, 4) is 0 Å². The van der Waals surface area contributed by atoms with Gasteiger partial charge >= 0.3 is 5.97 Å². The molecule has 0 heterocycles. The van der Waals surface area contributed by atoms with E-state index in [-0.39, 0.29) is 81.0 Å². The third kappa shape index (κ3) is 5.62. The topological polar surface area (TPSA) is 97.8 Å². The minimum Gasteiger partial charge on any atom is -0.465 e. The molecule has 262 valence electrons. The number of hydrogen-bond acceptors (Lipinski definition) is 7. The van der Waals surface area contributed by atoms with Gasteiger partial charge in [-0.05, 0) is 110 Å². The minimum absolute atomic E-state index is 0.0544. The molecule has 0 radical (unpaired) electrons. The molecule has 0 saturated heterocycles. The van der Waals surface area contributed by atoms with E-state index in [4.69, 9.17) is 4.74 Å². The van der Waals surface area contributed by atoms with Gasteiger partial charge in [0.05, 0.1) is 13.0 Å². The monoisotopic (exact) mass is 651 g/mol. The molecule has 0 amide bonds. The fourth-order valence-electron chi connectivity index (χ4n) is 12.3. The van der Waals surface area contributed by atoms with Crippen molar-refractivity contribution < 1.29 is 28.7 Å². The highest BCUT2D eigenvalue weighted by molar-refractivity contribution is 6.38. The number of nitrogens with zero attached hydrogens (tertiary/aromatic N) is 1. The van der Waals surface area contributed by atoms with E-state index in [2.05, 4.69) is 45.6 Å². The maximum atomic E-state index is 14.1. The zero-order chi connectivity index (χ0) is 34.7. The van der Waals surface area contributed by atoms with Crippen LogP contribution < -0.4 is 0 Å². The van der Waals surface area contributed by atoms with Gasteiger partial charge in [0.1, 0.15) is 5.78 Å². The summed E-state index contributed by atoms with van der Waals surface area (Å²) in [6.07, 6.45) is 11.2. The Balaban J connectivity index is 1.32. The zero-order valence-corrected chi connectivity index (χ0v) is 30.7. The third-order valence-corrected chi connectivity index (χ3v) is 15.2. The summed E-state index contributed by atoms with van der Waals surface area (Å²) in [5, 5.41) is 0. The summed E-state index contributed by atoms with van der Waals surface area (Å²) < 4.78 is 5.54. The van der Waals surface area contributed by atoms with Crippen LogP contribution in [-0.2, 0) is 28.7 Å². The fraction of sp³-hybridized carbons (Fsp3) is 0.825. The highest BCUT2D eigenvalue weighted by Crippen LogP contribution is 2.87. The van der Waals surface area contributed by atoms with Gasteiger partial charge in [-0.3, -0.25) is 19.2 Å². The molecule has 5 rings (SSSR count). The van der Waals surface area contributed by atoms with E-state index < -0.39 is 11.8 Å². The number of ether oxygens (including phenoxy) is 1. The van der Waals surface area contributed by atoms with Gasteiger partial charge in [-0.15, -0.1) is 0 Å². The van der Waals surface area contributed by atoms with Crippen LogP contribution in [0, 0.1) is 69.0 Å². The van der Waals surface area contributed by atoms with Crippen LogP contribution >= 0.6 is 0 Å². The number of esters is 1. The molecule has 0 aromatic heterocycles. The maximum Gasteiger partial charge on any atom is 0.307 e. The number of Topliss-reactive ketones (excluding diaryl/α,β-unsaturated/α-hetero) is 3. The van der Waals surface area contributed by atoms with Crippen molar-refractivity contribution in [2.45, 2.75) is 114 Å². The van der Waals surface area contributed by atoms with Gasteiger partial charge in [0.25, 0.3) is 0 Å². The molecular formula is C40H61NO6. The van der Waals surface area contributed by atoms with Crippen molar-refractivity contribution in [3.63, 3.8) is 0 Å². The van der Waals surface area contributed by atoms with Crippen LogP contribution in [0.15, 0.2) is 12.2 Å². The molecule has 0 aromatic carbocycles. The van der Waals surface area contributed by atoms with Crippen LogP contribution in [0.25, 0.3) is 0 Å². The molecule has 7 heteroatoms. The average Bonchev–Trinajstić information content (AvgIpc) is 3.64. The van der Waals surface area contributed by atoms with E-state index in [1.807, 2.05) is 19.9 Å². The number of carbonyl (C=O) groups excluding carboxylic acids is 5. The highest BCUT2D eigenvalue weighted by atomic mass is 16.5. The van der Waals surface area contributed by atoms with Gasteiger partial charge in [-0.1, -0.05) is 61.5 Å². The SMILES string of the molecule is CCN(CC)CCC(=O)OC[C@H](C)C(C)C(=O)C(=O)[C@@H](C)[C@H]1[C@@H](CC(C)=O)C[C@@]2(C)C3CCC4[C@H](C)C(=O)C=C[C@@]45C[C@@]35CC[C@]12C. The van der Waals surface area contributed by atoms with E-state index >= 15 is 0 Å². The summed E-state index contributed by atoms with van der Waals surface area (Å²) in [5.41, 5.74) is 0.0730. The summed E-state index contributed by atoms with van der Waals surface area (Å²) in [5.74, 6) is -0.954. The Morgan fingerprint density at radius 3 is 2.32 bits per heavy atom. The van der Waals surface area contributed by atoms with E-state index in [0.717, 1.165) is 51.6 Å². The van der Waals surface area contributed by atoms with Crippen LogP contribution in [0.1, 0.15) is 114 Å². The lowest BCUT2D eigenvalue weighted by molar-refractivity contribution is -0.150. The van der Waals surface area contributed by atoms with Gasteiger partial charge < -0.3 is 14.4 Å². The lowest BCUT2D eigenvalue weighted by Crippen LogP contribution is -2.55. The first kappa shape index (κ1) is 36.1. The van der Waals surface area contributed by atoms with Gasteiger partial charge in [0.15, 0.2) is 5.78 Å². The molecule has 5 aliphatic rings. The predicted molar refractivity (Wildman–Crippen MR) is 182 cm³/mol. The lowest BCUT2D eigenvalue weighted by atomic mass is 9.43. The van der Waals surface area contributed by atoms with Crippen molar-refractivity contribution in [3.05, 3.63) is 12.2 Å². The molecule has 12 atom stereocenters. The van der Waals surface area contributed by atoms with E-state index in [1.165, 1.54) is 0 Å². The second kappa shape index (κ2) is 12.9. The molecule has 3 unspecified atom stereocenters. The largest absolute Gasteiger partial charge is 0.465 e. The first-order valence-electron chi connectivity index (χ1n) is 18.7. The van der Waals surface area contributed by atoms with E-state index in [9.17, 15) is 24.0 Å². The average molecular weight is 652 g/mol. The van der Waals surface area contributed by atoms with Crippen LogP contribution in [0.5, 0.6) is 0 Å².